The maximum atomic E-state index is 10.5. The van der Waals surface area contributed by atoms with Gasteiger partial charge in [-0.2, -0.15) is 0 Å². The first-order chi connectivity index (χ1) is 4.22. The summed E-state index contributed by atoms with van der Waals surface area (Å²) >= 11 is 0. The van der Waals surface area contributed by atoms with E-state index in [0.29, 0.717) is 6.61 Å². The quantitative estimate of drug-likeness (QED) is 0.622. The van der Waals surface area contributed by atoms with Crippen molar-refractivity contribution in [2.45, 2.75) is 13.0 Å². The zero-order chi connectivity index (χ0) is 7.28. The number of aliphatic hydroxyl groups excluding tert-OH is 1. The molecule has 70 valence electrons. The van der Waals surface area contributed by atoms with Gasteiger partial charge in [0.25, 0.3) is 0 Å². The molecule has 0 aliphatic carbocycles. The van der Waals surface area contributed by atoms with E-state index in [1.165, 1.54) is 0 Å². The van der Waals surface area contributed by atoms with Crippen LogP contribution in [-0.2, 0) is 9.53 Å². The van der Waals surface area contributed by atoms with Crippen molar-refractivity contribution >= 4 is 30.8 Å². The van der Waals surface area contributed by atoms with Crippen molar-refractivity contribution in [1.29, 1.82) is 0 Å². The minimum Gasteiger partial charge on any atom is -0.465 e. The average Bonchev–Trinajstić information content (AvgIpc) is 1.87. The predicted molar refractivity (Wildman–Crippen MR) is 46.2 cm³/mol. The lowest BCUT2D eigenvalue weighted by molar-refractivity contribution is -0.145. The average molecular weight is 206 g/mol. The molecule has 0 unspecified atom stereocenters. The van der Waals surface area contributed by atoms with E-state index >= 15 is 0 Å². The highest BCUT2D eigenvalue weighted by molar-refractivity contribution is 5.85. The summed E-state index contributed by atoms with van der Waals surface area (Å²) in [5.74, 6) is -0.556. The van der Waals surface area contributed by atoms with Gasteiger partial charge in [0.05, 0.1) is 13.2 Å². The van der Waals surface area contributed by atoms with Crippen molar-refractivity contribution in [2.75, 3.05) is 13.2 Å². The van der Waals surface area contributed by atoms with Crippen LogP contribution in [0.5, 0.6) is 0 Å². The van der Waals surface area contributed by atoms with Gasteiger partial charge in [0.15, 0.2) is 0 Å². The molecule has 6 heteroatoms. The molecule has 0 radical (unpaired) electrons. The molecule has 0 rings (SSSR count). The van der Waals surface area contributed by atoms with Gasteiger partial charge in [0.1, 0.15) is 6.04 Å². The number of hydrogen-bond acceptors (Lipinski definition) is 4. The lowest BCUT2D eigenvalue weighted by atomic mass is 10.3. The van der Waals surface area contributed by atoms with Crippen LogP contribution in [0.25, 0.3) is 0 Å². The van der Waals surface area contributed by atoms with Gasteiger partial charge in [-0.05, 0) is 6.92 Å². The molecule has 0 saturated carbocycles. The number of esters is 1. The Morgan fingerprint density at radius 1 is 1.64 bits per heavy atom. The zero-order valence-electron chi connectivity index (χ0n) is 6.15. The Hall–Kier alpha value is -0.0300. The molecular formula is C5H13Cl2NO3. The van der Waals surface area contributed by atoms with E-state index in [-0.39, 0.29) is 31.4 Å². The van der Waals surface area contributed by atoms with E-state index < -0.39 is 12.0 Å². The maximum absolute atomic E-state index is 10.5. The van der Waals surface area contributed by atoms with Gasteiger partial charge in [-0.1, -0.05) is 0 Å². The molecule has 0 aliphatic rings. The molecule has 4 nitrogen and oxygen atoms in total. The lowest BCUT2D eigenvalue weighted by Gasteiger charge is -2.05. The van der Waals surface area contributed by atoms with Crippen molar-refractivity contribution in [2.24, 2.45) is 5.73 Å². The van der Waals surface area contributed by atoms with Crippen LogP contribution in [0.1, 0.15) is 6.92 Å². The van der Waals surface area contributed by atoms with Crippen molar-refractivity contribution in [3.63, 3.8) is 0 Å². The summed E-state index contributed by atoms with van der Waals surface area (Å²) in [6.45, 7) is 1.62. The molecular weight excluding hydrogens is 193 g/mol. The van der Waals surface area contributed by atoms with Gasteiger partial charge < -0.3 is 15.6 Å². The van der Waals surface area contributed by atoms with Gasteiger partial charge >= 0.3 is 5.97 Å². The molecule has 0 aromatic carbocycles. The first-order valence-electron chi connectivity index (χ1n) is 2.75. The minimum absolute atomic E-state index is 0. The molecule has 11 heavy (non-hydrogen) atoms. The standard InChI is InChI=1S/C5H11NO3.2ClH/c1-2-9-5(8)4(6)3-7;;/h4,7H,2-3,6H2,1H3;2*1H/t4-;;/m0../s1. The fourth-order valence-electron chi connectivity index (χ4n) is 0.324. The number of halogens is 2. The monoisotopic (exact) mass is 205 g/mol. The molecule has 0 heterocycles. The number of ether oxygens (including phenoxy) is 1. The van der Waals surface area contributed by atoms with Crippen LogP contribution in [0.4, 0.5) is 0 Å². The van der Waals surface area contributed by atoms with E-state index in [0.717, 1.165) is 0 Å². The third-order valence-electron chi connectivity index (χ3n) is 0.786. The molecule has 0 aromatic rings. The summed E-state index contributed by atoms with van der Waals surface area (Å²) < 4.78 is 4.47. The Balaban J connectivity index is -0.000000320. The second kappa shape index (κ2) is 9.97. The number of hydrogen-bond donors (Lipinski definition) is 2. The number of carbonyl (C=O) groups is 1. The smallest absolute Gasteiger partial charge is 0.325 e. The van der Waals surface area contributed by atoms with Crippen LogP contribution >= 0.6 is 24.8 Å². The Morgan fingerprint density at radius 2 is 2.09 bits per heavy atom. The summed E-state index contributed by atoms with van der Waals surface area (Å²) in [6.07, 6.45) is 0. The molecule has 0 aromatic heterocycles. The van der Waals surface area contributed by atoms with Gasteiger partial charge in [0.2, 0.25) is 0 Å². The molecule has 0 amide bonds. The van der Waals surface area contributed by atoms with Crippen LogP contribution in [0, 0.1) is 0 Å². The van der Waals surface area contributed by atoms with Crippen LogP contribution in [-0.4, -0.2) is 30.3 Å². The largest absolute Gasteiger partial charge is 0.465 e. The molecule has 0 fully saturated rings. The van der Waals surface area contributed by atoms with Crippen LogP contribution in [0.3, 0.4) is 0 Å². The van der Waals surface area contributed by atoms with E-state index in [2.05, 4.69) is 4.74 Å². The first-order valence-corrected chi connectivity index (χ1v) is 2.75. The van der Waals surface area contributed by atoms with Crippen molar-refractivity contribution in [3.8, 4) is 0 Å². The topological polar surface area (TPSA) is 72.5 Å². The molecule has 0 spiro atoms. The molecule has 3 N–H and O–H groups in total. The third kappa shape index (κ3) is 7.87. The van der Waals surface area contributed by atoms with Gasteiger partial charge in [-0.25, -0.2) is 0 Å². The first kappa shape index (κ1) is 17.2. The zero-order valence-corrected chi connectivity index (χ0v) is 7.78. The highest BCUT2D eigenvalue weighted by atomic mass is 35.5. The second-order valence-electron chi connectivity index (χ2n) is 1.54. The Morgan fingerprint density at radius 3 is 2.36 bits per heavy atom. The number of rotatable bonds is 3. The summed E-state index contributed by atoms with van der Waals surface area (Å²) in [6, 6.07) is -0.884. The predicted octanol–water partition coefficient (Wildman–Crippen LogP) is -0.287. The Bertz CT molecular complexity index is 102. The number of aliphatic hydroxyl groups is 1. The van der Waals surface area contributed by atoms with Crippen LogP contribution in [0.2, 0.25) is 0 Å². The molecule has 0 bridgehead atoms. The van der Waals surface area contributed by atoms with Crippen molar-refractivity contribution in [3.05, 3.63) is 0 Å². The lowest BCUT2D eigenvalue weighted by Crippen LogP contribution is -2.35. The van der Waals surface area contributed by atoms with Gasteiger partial charge in [0, 0.05) is 0 Å². The maximum Gasteiger partial charge on any atom is 0.325 e. The van der Waals surface area contributed by atoms with Crippen molar-refractivity contribution in [1.82, 2.24) is 0 Å². The summed E-state index contributed by atoms with van der Waals surface area (Å²) in [5.41, 5.74) is 5.08. The molecule has 1 atom stereocenters. The van der Waals surface area contributed by atoms with Crippen molar-refractivity contribution < 1.29 is 14.6 Å². The molecule has 0 saturated heterocycles. The van der Waals surface area contributed by atoms with Crippen LogP contribution in [0.15, 0.2) is 0 Å². The summed E-state index contributed by atoms with van der Waals surface area (Å²) in [5, 5.41) is 8.31. The Labute approximate surface area is 77.9 Å². The SMILES string of the molecule is CCOC(=O)[C@@H](N)CO.Cl.Cl. The minimum atomic E-state index is -0.884. The summed E-state index contributed by atoms with van der Waals surface area (Å²) in [7, 11) is 0. The fraction of sp³-hybridized carbons (Fsp3) is 0.800. The third-order valence-corrected chi connectivity index (χ3v) is 0.786. The normalized spacial score (nSPS) is 10.5. The highest BCUT2D eigenvalue weighted by Crippen LogP contribution is 1.82. The number of carbonyl (C=O) groups excluding carboxylic acids is 1. The van der Waals surface area contributed by atoms with Gasteiger partial charge in [-0.3, -0.25) is 4.79 Å². The fourth-order valence-corrected chi connectivity index (χ4v) is 0.324. The van der Waals surface area contributed by atoms with E-state index in [9.17, 15) is 4.79 Å². The second-order valence-corrected chi connectivity index (χ2v) is 1.54. The Kier molecular flexibility index (Phi) is 15.6. The van der Waals surface area contributed by atoms with E-state index in [4.69, 9.17) is 10.8 Å². The van der Waals surface area contributed by atoms with Crippen LogP contribution < -0.4 is 5.73 Å². The summed E-state index contributed by atoms with van der Waals surface area (Å²) in [4.78, 5) is 10.5. The highest BCUT2D eigenvalue weighted by Gasteiger charge is 2.11. The molecule has 0 aliphatic heterocycles. The van der Waals surface area contributed by atoms with Gasteiger partial charge in [-0.15, -0.1) is 24.8 Å². The number of nitrogens with two attached hydrogens (primary N) is 1. The van der Waals surface area contributed by atoms with E-state index in [1.54, 1.807) is 6.92 Å². The van der Waals surface area contributed by atoms with E-state index in [1.807, 2.05) is 0 Å².